The maximum atomic E-state index is 5.59. The van der Waals surface area contributed by atoms with Gasteiger partial charge in [0, 0.05) is 35.8 Å². The number of anilines is 4. The summed E-state index contributed by atoms with van der Waals surface area (Å²) in [4.78, 5) is 2.19. The molecule has 138 valence electrons. The molecule has 0 saturated heterocycles. The number of hydrogen-bond acceptors (Lipinski definition) is 5. The molecule has 0 aliphatic rings. The normalized spacial score (nSPS) is 10.1. The third-order valence-corrected chi connectivity index (χ3v) is 3.51. The fourth-order valence-corrected chi connectivity index (χ4v) is 2.10. The molecule has 2 aromatic carbocycles. The van der Waals surface area contributed by atoms with Crippen LogP contribution < -0.4 is 22.1 Å². The van der Waals surface area contributed by atoms with Gasteiger partial charge in [-0.1, -0.05) is 6.92 Å². The molecule has 6 N–H and O–H groups in total. The van der Waals surface area contributed by atoms with Gasteiger partial charge in [0.1, 0.15) is 0 Å². The maximum absolute atomic E-state index is 5.59. The van der Waals surface area contributed by atoms with Gasteiger partial charge in [-0.25, -0.2) is 0 Å². The van der Waals surface area contributed by atoms with E-state index in [-0.39, 0.29) is 0 Å². The molecule has 0 aliphatic carbocycles. The standard InChI is InChI=1S/C11H19N3.C9H14N2/c1-14(2)9-3-8-13-11-6-4-10(12)5-7-11;1-2-7-11-9-5-3-8(10)4-6-9/h4-7,13H,3,8-9,12H2,1-2H3;3-6,11H,2,7,10H2,1H3. The van der Waals surface area contributed by atoms with Crippen molar-refractivity contribution in [2.24, 2.45) is 0 Å². The number of hydrogen-bond donors (Lipinski definition) is 4. The molecule has 2 rings (SSSR count). The van der Waals surface area contributed by atoms with E-state index in [2.05, 4.69) is 36.6 Å². The first-order valence-electron chi connectivity index (χ1n) is 8.84. The fraction of sp³-hybridized carbons (Fsp3) is 0.400. The summed E-state index contributed by atoms with van der Waals surface area (Å²) >= 11 is 0. The first-order valence-corrected chi connectivity index (χ1v) is 8.84. The van der Waals surface area contributed by atoms with Crippen molar-refractivity contribution < 1.29 is 0 Å². The molecular weight excluding hydrogens is 310 g/mol. The number of nitrogens with zero attached hydrogens (tertiary/aromatic N) is 1. The van der Waals surface area contributed by atoms with Crippen LogP contribution in [0.3, 0.4) is 0 Å². The van der Waals surface area contributed by atoms with Crippen LogP contribution >= 0.6 is 0 Å². The number of benzene rings is 2. The molecule has 5 heteroatoms. The first kappa shape index (κ1) is 20.6. The van der Waals surface area contributed by atoms with Crippen LogP contribution in [0.1, 0.15) is 19.8 Å². The van der Waals surface area contributed by atoms with Crippen LogP contribution in [-0.2, 0) is 0 Å². The Morgan fingerprint density at radius 3 is 1.60 bits per heavy atom. The van der Waals surface area contributed by atoms with E-state index in [1.165, 1.54) is 0 Å². The Kier molecular flexibility index (Phi) is 9.94. The molecule has 0 spiro atoms. The number of nitrogens with one attached hydrogen (secondary N) is 2. The Morgan fingerprint density at radius 2 is 1.20 bits per heavy atom. The van der Waals surface area contributed by atoms with Crippen molar-refractivity contribution in [1.29, 1.82) is 0 Å². The lowest BCUT2D eigenvalue weighted by Crippen LogP contribution is -2.16. The maximum Gasteiger partial charge on any atom is 0.0341 e. The Balaban J connectivity index is 0.000000257. The minimum absolute atomic E-state index is 0.809. The quantitative estimate of drug-likeness (QED) is 0.434. The van der Waals surface area contributed by atoms with E-state index in [9.17, 15) is 0 Å². The molecule has 0 heterocycles. The van der Waals surface area contributed by atoms with Gasteiger partial charge in [0.25, 0.3) is 0 Å². The van der Waals surface area contributed by atoms with E-state index >= 15 is 0 Å². The van der Waals surface area contributed by atoms with Gasteiger partial charge < -0.3 is 27.0 Å². The summed E-state index contributed by atoms with van der Waals surface area (Å²) < 4.78 is 0. The summed E-state index contributed by atoms with van der Waals surface area (Å²) in [5.74, 6) is 0. The van der Waals surface area contributed by atoms with E-state index in [0.29, 0.717) is 0 Å². The second-order valence-electron chi connectivity index (χ2n) is 6.25. The van der Waals surface area contributed by atoms with Crippen molar-refractivity contribution in [2.75, 3.05) is 55.8 Å². The molecule has 25 heavy (non-hydrogen) atoms. The molecule has 0 atom stereocenters. The van der Waals surface area contributed by atoms with Crippen LogP contribution in [-0.4, -0.2) is 38.6 Å². The lowest BCUT2D eigenvalue weighted by atomic mass is 10.3. The van der Waals surface area contributed by atoms with Crippen molar-refractivity contribution in [1.82, 2.24) is 4.90 Å². The smallest absolute Gasteiger partial charge is 0.0341 e. The SMILES string of the molecule is CCCNc1ccc(N)cc1.CN(C)CCCNc1ccc(N)cc1. The van der Waals surface area contributed by atoms with Gasteiger partial charge in [-0.15, -0.1) is 0 Å². The summed E-state index contributed by atoms with van der Waals surface area (Å²) in [6.07, 6.45) is 2.29. The summed E-state index contributed by atoms with van der Waals surface area (Å²) in [6.45, 7) is 5.28. The van der Waals surface area contributed by atoms with E-state index in [0.717, 1.165) is 55.2 Å². The predicted octanol–water partition coefficient (Wildman–Crippen LogP) is 3.72. The third kappa shape index (κ3) is 10.1. The van der Waals surface area contributed by atoms with Gasteiger partial charge in [-0.05, 0) is 82.0 Å². The number of rotatable bonds is 8. The van der Waals surface area contributed by atoms with Crippen molar-refractivity contribution in [3.63, 3.8) is 0 Å². The van der Waals surface area contributed by atoms with Crippen molar-refractivity contribution in [2.45, 2.75) is 19.8 Å². The molecule has 0 bridgehead atoms. The van der Waals surface area contributed by atoms with Gasteiger partial charge in [0.2, 0.25) is 0 Å². The van der Waals surface area contributed by atoms with Gasteiger partial charge in [0.05, 0.1) is 0 Å². The number of nitrogens with two attached hydrogens (primary N) is 2. The van der Waals surface area contributed by atoms with E-state index in [4.69, 9.17) is 11.5 Å². The molecule has 0 aliphatic heterocycles. The Morgan fingerprint density at radius 1 is 0.760 bits per heavy atom. The Hall–Kier alpha value is -2.40. The number of nitrogen functional groups attached to an aromatic ring is 2. The molecule has 2 aromatic rings. The van der Waals surface area contributed by atoms with Gasteiger partial charge in [0.15, 0.2) is 0 Å². The zero-order valence-electron chi connectivity index (χ0n) is 15.8. The van der Waals surface area contributed by atoms with Crippen LogP contribution in [0.15, 0.2) is 48.5 Å². The average molecular weight is 344 g/mol. The second kappa shape index (κ2) is 12.0. The second-order valence-corrected chi connectivity index (χ2v) is 6.25. The summed E-state index contributed by atoms with van der Waals surface area (Å²) in [6, 6.07) is 15.6. The minimum Gasteiger partial charge on any atom is -0.399 e. The largest absolute Gasteiger partial charge is 0.399 e. The highest BCUT2D eigenvalue weighted by Crippen LogP contribution is 2.10. The van der Waals surface area contributed by atoms with Gasteiger partial charge >= 0.3 is 0 Å². The molecule has 5 nitrogen and oxygen atoms in total. The molecule has 0 radical (unpaired) electrons. The van der Waals surface area contributed by atoms with Crippen molar-refractivity contribution in [3.8, 4) is 0 Å². The monoisotopic (exact) mass is 343 g/mol. The Bertz CT molecular complexity index is 564. The van der Waals surface area contributed by atoms with E-state index in [1.54, 1.807) is 0 Å². The Labute approximate surface area is 152 Å². The van der Waals surface area contributed by atoms with Crippen LogP contribution in [0.25, 0.3) is 0 Å². The van der Waals surface area contributed by atoms with Crippen LogP contribution in [0.4, 0.5) is 22.7 Å². The third-order valence-electron chi connectivity index (χ3n) is 3.51. The average Bonchev–Trinajstić information content (AvgIpc) is 2.60. The zero-order chi connectivity index (χ0) is 18.5. The van der Waals surface area contributed by atoms with Crippen LogP contribution in [0.2, 0.25) is 0 Å². The van der Waals surface area contributed by atoms with Crippen molar-refractivity contribution in [3.05, 3.63) is 48.5 Å². The molecule has 0 fully saturated rings. The van der Waals surface area contributed by atoms with Crippen LogP contribution in [0, 0.1) is 0 Å². The highest BCUT2D eigenvalue weighted by molar-refractivity contribution is 5.51. The highest BCUT2D eigenvalue weighted by atomic mass is 15.1. The van der Waals surface area contributed by atoms with Crippen molar-refractivity contribution >= 4 is 22.7 Å². The molecule has 0 unspecified atom stereocenters. The summed E-state index contributed by atoms with van der Waals surface area (Å²) in [5, 5.41) is 6.61. The molecule has 0 amide bonds. The molecule has 0 aromatic heterocycles. The zero-order valence-corrected chi connectivity index (χ0v) is 15.8. The predicted molar refractivity (Wildman–Crippen MR) is 112 cm³/mol. The summed E-state index contributed by atoms with van der Waals surface area (Å²) in [7, 11) is 4.17. The van der Waals surface area contributed by atoms with Gasteiger partial charge in [-0.3, -0.25) is 0 Å². The molecular formula is C20H33N5. The van der Waals surface area contributed by atoms with E-state index < -0.39 is 0 Å². The minimum atomic E-state index is 0.809. The van der Waals surface area contributed by atoms with Gasteiger partial charge in [-0.2, -0.15) is 0 Å². The highest BCUT2D eigenvalue weighted by Gasteiger charge is 1.92. The lowest BCUT2D eigenvalue weighted by molar-refractivity contribution is 0.405. The molecule has 0 saturated carbocycles. The summed E-state index contributed by atoms with van der Waals surface area (Å²) in [5.41, 5.74) is 15.0. The first-order chi connectivity index (χ1) is 12.0. The fourth-order valence-electron chi connectivity index (χ4n) is 2.10. The topological polar surface area (TPSA) is 79.3 Å². The van der Waals surface area contributed by atoms with Crippen LogP contribution in [0.5, 0.6) is 0 Å². The van der Waals surface area contributed by atoms with E-state index in [1.807, 2.05) is 48.5 Å². The lowest BCUT2D eigenvalue weighted by Gasteiger charge is -2.10.